The lowest BCUT2D eigenvalue weighted by atomic mass is 9.85. The number of rotatable bonds is 2. The van der Waals surface area contributed by atoms with Crippen LogP contribution in [-0.2, 0) is 16.6 Å². The summed E-state index contributed by atoms with van der Waals surface area (Å²) in [5, 5.41) is 10.2. The topological polar surface area (TPSA) is 42.2 Å². The van der Waals surface area contributed by atoms with E-state index in [0.29, 0.717) is 6.61 Å². The highest BCUT2D eigenvalue weighted by atomic mass is 127. The van der Waals surface area contributed by atoms with Crippen molar-refractivity contribution in [2.24, 2.45) is 0 Å². The maximum absolute atomic E-state index is 10.2. The van der Waals surface area contributed by atoms with Crippen LogP contribution in [0.3, 0.4) is 0 Å². The molecule has 0 spiro atoms. The van der Waals surface area contributed by atoms with E-state index in [4.69, 9.17) is 9.16 Å². The Balaban J connectivity index is 2.35. The van der Waals surface area contributed by atoms with Crippen LogP contribution in [0.4, 0.5) is 0 Å². The van der Waals surface area contributed by atoms with Gasteiger partial charge in [-0.25, -0.2) is 0 Å². The monoisotopic (exact) mass is 435 g/mol. The first-order valence-corrected chi connectivity index (χ1v) is 12.0. The largest absolute Gasteiger partial charge is 0.488 e. The Hall–Kier alpha value is -1.36. The molecule has 3 nitrogen and oxygen atoms in total. The van der Waals surface area contributed by atoms with Crippen LogP contribution >= 0.6 is 22.6 Å². The summed E-state index contributed by atoms with van der Waals surface area (Å²) < 4.78 is 13.5. The molecule has 0 radical (unpaired) electrons. The molecule has 0 saturated heterocycles. The number of hydrogen-bond donors (Lipinski definition) is 0. The van der Waals surface area contributed by atoms with Gasteiger partial charge in [0, 0.05) is 14.7 Å². The molecular weight excluding hydrogens is 417 g/mol. The van der Waals surface area contributed by atoms with Gasteiger partial charge < -0.3 is 9.16 Å². The molecule has 0 aromatic heterocycles. The maximum atomic E-state index is 10.2. The number of nitrogens with zero attached hydrogens (tertiary/aromatic N) is 1. The van der Waals surface area contributed by atoms with Crippen molar-refractivity contribution in [1.29, 1.82) is 5.26 Å². The third-order valence-electron chi connectivity index (χ3n) is 3.72. The summed E-state index contributed by atoms with van der Waals surface area (Å²) in [7, 11) is -2.00. The molecule has 0 bridgehead atoms. The average Bonchev–Trinajstić information content (AvgIpc) is 2.62. The quantitative estimate of drug-likeness (QED) is 0.503. The second-order valence-electron chi connectivity index (χ2n) is 6.59. The summed E-state index contributed by atoms with van der Waals surface area (Å²) in [6.45, 7) is 6.76. The molecule has 3 rings (SSSR count). The van der Waals surface area contributed by atoms with E-state index in [1.807, 2.05) is 42.5 Å². The summed E-state index contributed by atoms with van der Waals surface area (Å²) in [5.74, 6) is 0.724. The molecule has 0 saturated carbocycles. The molecule has 2 aromatic rings. The molecule has 0 fully saturated rings. The maximum Gasteiger partial charge on any atom is 0.200 e. The number of hydrogen-bond acceptors (Lipinski definition) is 3. The van der Waals surface area contributed by atoms with E-state index in [-0.39, 0.29) is 0 Å². The summed E-state index contributed by atoms with van der Waals surface area (Å²) in [6.07, 6.45) is 0. The van der Waals surface area contributed by atoms with E-state index in [2.05, 4.69) is 48.3 Å². The van der Waals surface area contributed by atoms with E-state index in [1.165, 1.54) is 0 Å². The molecule has 2 aromatic carbocycles. The van der Waals surface area contributed by atoms with Crippen molar-refractivity contribution in [3.63, 3.8) is 0 Å². The zero-order valence-electron chi connectivity index (χ0n) is 13.4. The van der Waals surface area contributed by atoms with Crippen molar-refractivity contribution in [2.45, 2.75) is 31.8 Å². The van der Waals surface area contributed by atoms with Crippen LogP contribution in [-0.4, -0.2) is 8.32 Å². The Morgan fingerprint density at radius 2 is 1.91 bits per heavy atom. The smallest absolute Gasteiger partial charge is 0.200 e. The van der Waals surface area contributed by atoms with Crippen molar-refractivity contribution in [2.75, 3.05) is 0 Å². The van der Waals surface area contributed by atoms with Gasteiger partial charge in [-0.05, 0) is 66.0 Å². The molecular formula is C18H18INO2Si. The van der Waals surface area contributed by atoms with Gasteiger partial charge in [-0.2, -0.15) is 5.26 Å². The number of ether oxygens (including phenoxy) is 1. The first-order valence-electron chi connectivity index (χ1n) is 7.48. The van der Waals surface area contributed by atoms with Gasteiger partial charge in [0.25, 0.3) is 0 Å². The molecule has 23 heavy (non-hydrogen) atoms. The Morgan fingerprint density at radius 3 is 2.61 bits per heavy atom. The predicted octanol–water partition coefficient (Wildman–Crippen LogP) is 4.80. The lowest BCUT2D eigenvalue weighted by molar-refractivity contribution is 0.162. The molecule has 0 amide bonds. The van der Waals surface area contributed by atoms with Gasteiger partial charge in [-0.1, -0.05) is 24.3 Å². The second kappa shape index (κ2) is 5.93. The van der Waals surface area contributed by atoms with E-state index in [0.717, 1.165) is 26.0 Å². The van der Waals surface area contributed by atoms with Crippen molar-refractivity contribution >= 4 is 30.9 Å². The highest BCUT2D eigenvalue weighted by molar-refractivity contribution is 14.1. The summed E-state index contributed by atoms with van der Waals surface area (Å²) in [6, 6.07) is 16.3. The first kappa shape index (κ1) is 16.5. The summed E-state index contributed by atoms with van der Waals surface area (Å²) >= 11 is 2.26. The second-order valence-corrected chi connectivity index (χ2v) is 12.3. The van der Waals surface area contributed by atoms with Crippen LogP contribution in [0.5, 0.6) is 5.75 Å². The molecule has 1 unspecified atom stereocenters. The Morgan fingerprint density at radius 1 is 1.17 bits per heavy atom. The average molecular weight is 435 g/mol. The van der Waals surface area contributed by atoms with Crippen molar-refractivity contribution in [3.8, 4) is 11.8 Å². The third-order valence-corrected chi connectivity index (χ3v) is 5.31. The van der Waals surface area contributed by atoms with Gasteiger partial charge >= 0.3 is 0 Å². The third kappa shape index (κ3) is 3.03. The van der Waals surface area contributed by atoms with Gasteiger partial charge in [-0.15, -0.1) is 0 Å². The zero-order valence-corrected chi connectivity index (χ0v) is 16.5. The van der Waals surface area contributed by atoms with Crippen LogP contribution in [0.2, 0.25) is 19.6 Å². The van der Waals surface area contributed by atoms with Gasteiger partial charge in [-0.3, -0.25) is 0 Å². The number of benzene rings is 2. The zero-order chi connectivity index (χ0) is 16.7. The molecule has 0 N–H and O–H groups in total. The summed E-state index contributed by atoms with van der Waals surface area (Å²) in [4.78, 5) is 0. The first-order chi connectivity index (χ1) is 10.9. The number of fused-ring (bicyclic) bond motifs is 2. The van der Waals surface area contributed by atoms with Gasteiger partial charge in [0.05, 0.1) is 0 Å². The minimum atomic E-state index is -2.00. The van der Waals surface area contributed by atoms with Crippen LogP contribution in [0.1, 0.15) is 16.7 Å². The van der Waals surface area contributed by atoms with E-state index in [9.17, 15) is 5.26 Å². The van der Waals surface area contributed by atoms with E-state index >= 15 is 0 Å². The fraction of sp³-hybridized carbons (Fsp3) is 0.278. The van der Waals surface area contributed by atoms with E-state index in [1.54, 1.807) is 0 Å². The van der Waals surface area contributed by atoms with Crippen molar-refractivity contribution in [1.82, 2.24) is 0 Å². The molecule has 1 heterocycles. The fourth-order valence-corrected chi connectivity index (χ4v) is 4.58. The van der Waals surface area contributed by atoms with Crippen molar-refractivity contribution < 1.29 is 9.16 Å². The van der Waals surface area contributed by atoms with Crippen LogP contribution < -0.4 is 4.74 Å². The minimum Gasteiger partial charge on any atom is -0.488 e. The lowest BCUT2D eigenvalue weighted by Crippen LogP contribution is -2.41. The summed E-state index contributed by atoms with van der Waals surface area (Å²) in [5.41, 5.74) is 1.58. The number of nitriles is 1. The van der Waals surface area contributed by atoms with Crippen LogP contribution in [0, 0.1) is 14.9 Å². The minimum absolute atomic E-state index is 0.447. The van der Waals surface area contributed by atoms with Gasteiger partial charge in [0.2, 0.25) is 0 Å². The molecule has 118 valence electrons. The molecule has 1 atom stereocenters. The van der Waals surface area contributed by atoms with Crippen LogP contribution in [0.25, 0.3) is 0 Å². The van der Waals surface area contributed by atoms with E-state index < -0.39 is 13.9 Å². The highest BCUT2D eigenvalue weighted by Gasteiger charge is 2.44. The Labute approximate surface area is 151 Å². The molecule has 5 heteroatoms. The van der Waals surface area contributed by atoms with Crippen LogP contribution in [0.15, 0.2) is 42.5 Å². The Kier molecular flexibility index (Phi) is 4.25. The fourth-order valence-electron chi connectivity index (χ4n) is 2.91. The molecule has 0 aliphatic carbocycles. The normalized spacial score (nSPS) is 19.8. The predicted molar refractivity (Wildman–Crippen MR) is 101 cm³/mol. The van der Waals surface area contributed by atoms with Gasteiger partial charge in [0.1, 0.15) is 18.4 Å². The standard InChI is InChI=1S/C18H18INO2Si/c1-23(2,3)22-18(12-20)15-7-5-4-6-13(15)11-21-17-9-8-14(19)10-16(17)18/h4-10H,11H2,1-3H3. The van der Waals surface area contributed by atoms with Gasteiger partial charge in [0.15, 0.2) is 13.9 Å². The molecule has 1 aliphatic rings. The van der Waals surface area contributed by atoms with Crippen molar-refractivity contribution in [3.05, 3.63) is 62.7 Å². The highest BCUT2D eigenvalue weighted by Crippen LogP contribution is 2.44. The SMILES string of the molecule is C[Si](C)(C)OC1(C#N)c2ccccc2COc2ccc(I)cc21. The lowest BCUT2D eigenvalue weighted by Gasteiger charge is -2.34. The molecule has 1 aliphatic heterocycles. The number of halogens is 1. The Bertz CT molecular complexity index is 794.